The molecule has 120 valence electrons. The summed E-state index contributed by atoms with van der Waals surface area (Å²) >= 11 is 0. The first-order valence-corrected chi connectivity index (χ1v) is 8.88. The van der Waals surface area contributed by atoms with Gasteiger partial charge in [0.2, 0.25) is 0 Å². The fourth-order valence-electron chi connectivity index (χ4n) is 2.86. The summed E-state index contributed by atoms with van der Waals surface area (Å²) in [5, 5.41) is 8.80. The van der Waals surface area contributed by atoms with E-state index in [1.54, 1.807) is 0 Å². The normalized spacial score (nSPS) is 10.4. The minimum Gasteiger partial charge on any atom is -0.192 e. The molecule has 0 aliphatic carbocycles. The highest BCUT2D eigenvalue weighted by atomic mass is 14.2. The molecule has 2 aromatic carbocycles. The molecule has 2 rings (SSSR count). The third kappa shape index (κ3) is 6.28. The first kappa shape index (κ1) is 17.3. The first-order valence-electron chi connectivity index (χ1n) is 8.88. The van der Waals surface area contributed by atoms with Gasteiger partial charge in [-0.3, -0.25) is 0 Å². The highest BCUT2D eigenvalue weighted by Crippen LogP contribution is 2.13. The van der Waals surface area contributed by atoms with E-state index in [0.29, 0.717) is 0 Å². The van der Waals surface area contributed by atoms with Crippen molar-refractivity contribution < 1.29 is 0 Å². The van der Waals surface area contributed by atoms with Gasteiger partial charge in [-0.25, -0.2) is 0 Å². The maximum atomic E-state index is 8.80. The van der Waals surface area contributed by atoms with Gasteiger partial charge in [-0.2, -0.15) is 5.26 Å². The summed E-state index contributed by atoms with van der Waals surface area (Å²) in [7, 11) is 0. The van der Waals surface area contributed by atoms with Crippen LogP contribution in [0, 0.1) is 11.3 Å². The molecule has 0 unspecified atom stereocenters. The van der Waals surface area contributed by atoms with Crippen LogP contribution >= 0.6 is 0 Å². The Morgan fingerprint density at radius 2 is 1.04 bits per heavy atom. The third-order valence-corrected chi connectivity index (χ3v) is 4.36. The standard InChI is InChI=1S/C22H27N/c1-2-3-4-7-19-10-12-20(13-11-19)8-5-6-9-21-14-16-22(18-23)17-15-21/h10-17H,2-9H2,1H3. The predicted molar refractivity (Wildman–Crippen MR) is 97.5 cm³/mol. The Balaban J connectivity index is 1.68. The van der Waals surface area contributed by atoms with E-state index in [1.807, 2.05) is 12.1 Å². The number of nitriles is 1. The van der Waals surface area contributed by atoms with Gasteiger partial charge >= 0.3 is 0 Å². The van der Waals surface area contributed by atoms with E-state index in [1.165, 1.54) is 55.2 Å². The lowest BCUT2D eigenvalue weighted by Gasteiger charge is -2.05. The van der Waals surface area contributed by atoms with E-state index in [9.17, 15) is 0 Å². The summed E-state index contributed by atoms with van der Waals surface area (Å²) in [6, 6.07) is 19.3. The van der Waals surface area contributed by atoms with Gasteiger partial charge in [0, 0.05) is 0 Å². The van der Waals surface area contributed by atoms with Crippen molar-refractivity contribution in [2.24, 2.45) is 0 Å². The van der Waals surface area contributed by atoms with Crippen LogP contribution in [-0.2, 0) is 19.3 Å². The average Bonchev–Trinajstić information content (AvgIpc) is 2.61. The van der Waals surface area contributed by atoms with E-state index in [0.717, 1.165) is 18.4 Å². The lowest BCUT2D eigenvalue weighted by atomic mass is 10.0. The van der Waals surface area contributed by atoms with E-state index in [4.69, 9.17) is 5.26 Å². The van der Waals surface area contributed by atoms with Crippen molar-refractivity contribution in [1.29, 1.82) is 5.26 Å². The first-order chi connectivity index (χ1) is 11.3. The molecule has 2 aromatic rings. The summed E-state index contributed by atoms with van der Waals surface area (Å²) < 4.78 is 0. The molecule has 0 spiro atoms. The molecule has 0 heterocycles. The van der Waals surface area contributed by atoms with Gasteiger partial charge < -0.3 is 0 Å². The molecule has 0 aliphatic heterocycles. The van der Waals surface area contributed by atoms with Gasteiger partial charge in [-0.05, 0) is 67.3 Å². The number of hydrogen-bond acceptors (Lipinski definition) is 1. The Morgan fingerprint density at radius 1 is 0.652 bits per heavy atom. The second-order valence-corrected chi connectivity index (χ2v) is 6.29. The van der Waals surface area contributed by atoms with E-state index in [2.05, 4.69) is 49.4 Å². The van der Waals surface area contributed by atoms with Crippen LogP contribution in [-0.4, -0.2) is 0 Å². The van der Waals surface area contributed by atoms with Crippen LogP contribution < -0.4 is 0 Å². The van der Waals surface area contributed by atoms with Crippen LogP contribution in [0.25, 0.3) is 0 Å². The summed E-state index contributed by atoms with van der Waals surface area (Å²) in [6.45, 7) is 2.25. The Hall–Kier alpha value is -2.07. The van der Waals surface area contributed by atoms with Crippen LogP contribution in [0.15, 0.2) is 48.5 Å². The highest BCUT2D eigenvalue weighted by Gasteiger charge is 1.98. The zero-order valence-corrected chi connectivity index (χ0v) is 14.2. The Kier molecular flexibility index (Phi) is 7.40. The van der Waals surface area contributed by atoms with Crippen molar-refractivity contribution in [2.75, 3.05) is 0 Å². The topological polar surface area (TPSA) is 23.8 Å². The Labute approximate surface area is 141 Å². The van der Waals surface area contributed by atoms with Gasteiger partial charge in [0.1, 0.15) is 0 Å². The van der Waals surface area contributed by atoms with Crippen LogP contribution in [0.2, 0.25) is 0 Å². The molecule has 1 heteroatoms. The highest BCUT2D eigenvalue weighted by molar-refractivity contribution is 5.31. The molecule has 0 bridgehead atoms. The number of benzene rings is 2. The quantitative estimate of drug-likeness (QED) is 0.533. The second-order valence-electron chi connectivity index (χ2n) is 6.29. The minimum absolute atomic E-state index is 0.743. The Bertz CT molecular complexity index is 602. The molecule has 23 heavy (non-hydrogen) atoms. The lowest BCUT2D eigenvalue weighted by Crippen LogP contribution is -1.91. The van der Waals surface area contributed by atoms with Crippen molar-refractivity contribution in [3.63, 3.8) is 0 Å². The number of hydrogen-bond donors (Lipinski definition) is 0. The number of nitrogens with zero attached hydrogens (tertiary/aromatic N) is 1. The van der Waals surface area contributed by atoms with Crippen molar-refractivity contribution in [2.45, 2.75) is 58.3 Å². The largest absolute Gasteiger partial charge is 0.192 e. The zero-order valence-electron chi connectivity index (χ0n) is 14.2. The van der Waals surface area contributed by atoms with Gasteiger partial charge in [0.25, 0.3) is 0 Å². The van der Waals surface area contributed by atoms with Crippen molar-refractivity contribution >= 4 is 0 Å². The number of aryl methyl sites for hydroxylation is 3. The van der Waals surface area contributed by atoms with E-state index < -0.39 is 0 Å². The molecule has 0 fully saturated rings. The van der Waals surface area contributed by atoms with Gasteiger partial charge in [-0.15, -0.1) is 0 Å². The molecule has 0 aromatic heterocycles. The lowest BCUT2D eigenvalue weighted by molar-refractivity contribution is 0.715. The van der Waals surface area contributed by atoms with Crippen molar-refractivity contribution in [3.8, 4) is 6.07 Å². The predicted octanol–water partition coefficient (Wildman–Crippen LogP) is 5.86. The van der Waals surface area contributed by atoms with Crippen molar-refractivity contribution in [3.05, 3.63) is 70.8 Å². The molecule has 0 aliphatic rings. The SMILES string of the molecule is CCCCCc1ccc(CCCCc2ccc(C#N)cc2)cc1. The smallest absolute Gasteiger partial charge is 0.0991 e. The monoisotopic (exact) mass is 305 g/mol. The average molecular weight is 305 g/mol. The molecule has 0 N–H and O–H groups in total. The summed E-state index contributed by atoms with van der Waals surface area (Å²) in [4.78, 5) is 0. The molecular weight excluding hydrogens is 278 g/mol. The van der Waals surface area contributed by atoms with E-state index >= 15 is 0 Å². The summed E-state index contributed by atoms with van der Waals surface area (Å²) in [5.41, 5.74) is 4.99. The molecular formula is C22H27N. The molecule has 0 amide bonds. The fraction of sp³-hybridized carbons (Fsp3) is 0.409. The Morgan fingerprint density at radius 3 is 1.43 bits per heavy atom. The second kappa shape index (κ2) is 9.85. The van der Waals surface area contributed by atoms with Gasteiger partial charge in [0.05, 0.1) is 11.6 Å². The third-order valence-electron chi connectivity index (χ3n) is 4.36. The van der Waals surface area contributed by atoms with Crippen LogP contribution in [0.5, 0.6) is 0 Å². The summed E-state index contributed by atoms with van der Waals surface area (Å²) in [5.74, 6) is 0. The zero-order chi connectivity index (χ0) is 16.3. The minimum atomic E-state index is 0.743. The van der Waals surface area contributed by atoms with Crippen molar-refractivity contribution in [1.82, 2.24) is 0 Å². The molecule has 0 saturated carbocycles. The maximum Gasteiger partial charge on any atom is 0.0991 e. The number of rotatable bonds is 9. The van der Waals surface area contributed by atoms with Gasteiger partial charge in [0.15, 0.2) is 0 Å². The molecule has 0 saturated heterocycles. The fourth-order valence-corrected chi connectivity index (χ4v) is 2.86. The van der Waals surface area contributed by atoms with Crippen LogP contribution in [0.3, 0.4) is 0 Å². The number of unbranched alkanes of at least 4 members (excludes halogenated alkanes) is 3. The van der Waals surface area contributed by atoms with E-state index in [-0.39, 0.29) is 0 Å². The van der Waals surface area contributed by atoms with Gasteiger partial charge in [-0.1, -0.05) is 56.2 Å². The molecule has 0 radical (unpaired) electrons. The van der Waals surface area contributed by atoms with Crippen LogP contribution in [0.1, 0.15) is 61.3 Å². The van der Waals surface area contributed by atoms with Crippen LogP contribution in [0.4, 0.5) is 0 Å². The summed E-state index contributed by atoms with van der Waals surface area (Å²) in [6.07, 6.45) is 9.81. The molecule has 1 nitrogen and oxygen atoms in total. The molecule has 0 atom stereocenters. The maximum absolute atomic E-state index is 8.80.